The number of rotatable bonds is 7. The molecule has 0 saturated heterocycles. The van der Waals surface area contributed by atoms with Gasteiger partial charge in [-0.05, 0) is 69.2 Å². The lowest BCUT2D eigenvalue weighted by Crippen LogP contribution is -2.32. The number of esters is 1. The number of methoxy groups -OCH3 is 1. The first-order valence-electron chi connectivity index (χ1n) is 11.8. The van der Waals surface area contributed by atoms with Crippen molar-refractivity contribution in [2.75, 3.05) is 18.7 Å². The van der Waals surface area contributed by atoms with Crippen LogP contribution >= 0.6 is 0 Å². The summed E-state index contributed by atoms with van der Waals surface area (Å²) < 4.78 is 39.7. The standard InChI is InChI=1S/C29H31NO6S/c1-18-7-9-20(10-8-18)28(31)35-17-24-22(13-14-25-27(24)19(2)16-29(3,4)30-25)23-12-11-21(15-26(23)34-5)36-37(6,32)33/h7-16,30H,17H2,1-6H3. The van der Waals surface area contributed by atoms with Crippen molar-refractivity contribution in [3.8, 4) is 22.6 Å². The zero-order chi connectivity index (χ0) is 27.0. The summed E-state index contributed by atoms with van der Waals surface area (Å²) in [5, 5.41) is 3.54. The fourth-order valence-electron chi connectivity index (χ4n) is 4.63. The molecule has 0 aliphatic carbocycles. The third-order valence-corrected chi connectivity index (χ3v) is 6.58. The van der Waals surface area contributed by atoms with Gasteiger partial charge in [0.1, 0.15) is 18.1 Å². The SMILES string of the molecule is COc1cc(OS(C)(=O)=O)ccc1-c1ccc2c(c1COC(=O)c1ccc(C)cc1)C(C)=CC(C)(C)N2. The predicted octanol–water partition coefficient (Wildman–Crippen LogP) is 5.97. The van der Waals surface area contributed by atoms with E-state index in [-0.39, 0.29) is 17.9 Å². The first kappa shape index (κ1) is 26.3. The predicted molar refractivity (Wildman–Crippen MR) is 146 cm³/mol. The highest BCUT2D eigenvalue weighted by Gasteiger charge is 2.27. The number of nitrogens with one attached hydrogen (secondary N) is 1. The lowest BCUT2D eigenvalue weighted by Gasteiger charge is -2.33. The van der Waals surface area contributed by atoms with Crippen molar-refractivity contribution in [1.29, 1.82) is 0 Å². The fourth-order valence-corrected chi connectivity index (χ4v) is 5.09. The third-order valence-electron chi connectivity index (χ3n) is 6.09. The van der Waals surface area contributed by atoms with E-state index < -0.39 is 16.1 Å². The van der Waals surface area contributed by atoms with E-state index in [1.54, 1.807) is 24.3 Å². The molecule has 0 unspecified atom stereocenters. The van der Waals surface area contributed by atoms with Crippen LogP contribution in [0.5, 0.6) is 11.5 Å². The van der Waals surface area contributed by atoms with Crippen LogP contribution in [0, 0.1) is 6.92 Å². The second-order valence-corrected chi connectivity index (χ2v) is 11.4. The number of benzene rings is 3. The molecule has 1 N–H and O–H groups in total. The zero-order valence-electron chi connectivity index (χ0n) is 21.8. The van der Waals surface area contributed by atoms with Crippen LogP contribution in [0.25, 0.3) is 16.7 Å². The number of carbonyl (C=O) groups excluding carboxylic acids is 1. The van der Waals surface area contributed by atoms with Crippen molar-refractivity contribution < 1.29 is 26.9 Å². The number of fused-ring (bicyclic) bond motifs is 1. The molecule has 3 aromatic rings. The summed E-state index contributed by atoms with van der Waals surface area (Å²) >= 11 is 0. The van der Waals surface area contributed by atoms with Crippen LogP contribution in [0.2, 0.25) is 0 Å². The molecule has 7 nitrogen and oxygen atoms in total. The number of carbonyl (C=O) groups is 1. The molecule has 0 spiro atoms. The smallest absolute Gasteiger partial charge is 0.338 e. The topological polar surface area (TPSA) is 90.9 Å². The summed E-state index contributed by atoms with van der Waals surface area (Å²) in [6.07, 6.45) is 3.13. The van der Waals surface area contributed by atoms with Crippen LogP contribution in [0.3, 0.4) is 0 Å². The van der Waals surface area contributed by atoms with E-state index in [1.165, 1.54) is 13.2 Å². The van der Waals surface area contributed by atoms with Crippen LogP contribution in [0.4, 0.5) is 5.69 Å². The van der Waals surface area contributed by atoms with E-state index in [1.807, 2.05) is 38.1 Å². The number of hydrogen-bond donors (Lipinski definition) is 1. The largest absolute Gasteiger partial charge is 0.496 e. The number of anilines is 1. The quantitative estimate of drug-likeness (QED) is 0.302. The van der Waals surface area contributed by atoms with Gasteiger partial charge in [-0.2, -0.15) is 8.42 Å². The van der Waals surface area contributed by atoms with Crippen LogP contribution in [0.1, 0.15) is 47.8 Å². The first-order chi connectivity index (χ1) is 17.4. The molecule has 0 radical (unpaired) electrons. The van der Waals surface area contributed by atoms with E-state index in [0.717, 1.165) is 39.8 Å². The highest BCUT2D eigenvalue weighted by molar-refractivity contribution is 7.86. The summed E-state index contributed by atoms with van der Waals surface area (Å²) in [5.74, 6) is 0.156. The molecule has 37 heavy (non-hydrogen) atoms. The van der Waals surface area contributed by atoms with E-state index in [2.05, 4.69) is 25.2 Å². The lowest BCUT2D eigenvalue weighted by atomic mass is 9.85. The fraction of sp³-hybridized carbons (Fsp3) is 0.276. The van der Waals surface area contributed by atoms with Gasteiger partial charge < -0.3 is 19.0 Å². The van der Waals surface area contributed by atoms with E-state index in [0.29, 0.717) is 16.9 Å². The van der Waals surface area contributed by atoms with Gasteiger partial charge in [-0.25, -0.2) is 4.79 Å². The minimum absolute atomic E-state index is 0.0310. The van der Waals surface area contributed by atoms with Crippen LogP contribution in [0.15, 0.2) is 60.7 Å². The normalized spacial score (nSPS) is 14.2. The molecule has 3 aromatic carbocycles. The van der Waals surface area contributed by atoms with Gasteiger partial charge in [-0.1, -0.05) is 29.8 Å². The van der Waals surface area contributed by atoms with Gasteiger partial charge in [-0.15, -0.1) is 0 Å². The summed E-state index contributed by atoms with van der Waals surface area (Å²) in [6, 6.07) is 16.0. The highest BCUT2D eigenvalue weighted by Crippen LogP contribution is 2.43. The maximum atomic E-state index is 12.9. The van der Waals surface area contributed by atoms with E-state index >= 15 is 0 Å². The van der Waals surface area contributed by atoms with Crippen LogP contribution in [-0.4, -0.2) is 33.3 Å². The van der Waals surface area contributed by atoms with Gasteiger partial charge >= 0.3 is 16.1 Å². The van der Waals surface area contributed by atoms with Crippen molar-refractivity contribution in [2.45, 2.75) is 39.8 Å². The van der Waals surface area contributed by atoms with Gasteiger partial charge in [-0.3, -0.25) is 0 Å². The van der Waals surface area contributed by atoms with Crippen LogP contribution < -0.4 is 14.2 Å². The molecule has 0 saturated carbocycles. The Kier molecular flexibility index (Phi) is 7.06. The molecular weight excluding hydrogens is 490 g/mol. The number of allylic oxidation sites excluding steroid dienone is 1. The minimum Gasteiger partial charge on any atom is -0.496 e. The Bertz CT molecular complexity index is 1490. The molecule has 4 rings (SSSR count). The monoisotopic (exact) mass is 521 g/mol. The molecule has 0 aromatic heterocycles. The van der Waals surface area contributed by atoms with Gasteiger partial charge in [0.25, 0.3) is 0 Å². The minimum atomic E-state index is -3.69. The number of ether oxygens (including phenoxy) is 2. The molecule has 1 aliphatic heterocycles. The Morgan fingerprint density at radius 2 is 1.65 bits per heavy atom. The number of hydrogen-bond acceptors (Lipinski definition) is 7. The summed E-state index contributed by atoms with van der Waals surface area (Å²) in [5.41, 5.74) is 6.55. The Hall–Kier alpha value is -3.78. The van der Waals surface area contributed by atoms with Gasteiger partial charge in [0.15, 0.2) is 0 Å². The first-order valence-corrected chi connectivity index (χ1v) is 13.6. The Labute approximate surface area is 218 Å². The molecule has 8 heteroatoms. The van der Waals surface area contributed by atoms with Crippen molar-refractivity contribution in [1.82, 2.24) is 0 Å². The van der Waals surface area contributed by atoms with E-state index in [4.69, 9.17) is 13.7 Å². The van der Waals surface area contributed by atoms with Crippen molar-refractivity contribution >= 4 is 27.3 Å². The molecule has 1 aliphatic rings. The lowest BCUT2D eigenvalue weighted by molar-refractivity contribution is 0.0473. The maximum Gasteiger partial charge on any atom is 0.338 e. The van der Waals surface area contributed by atoms with Crippen molar-refractivity contribution in [2.24, 2.45) is 0 Å². The molecule has 194 valence electrons. The Balaban J connectivity index is 1.81. The average molecular weight is 522 g/mol. The van der Waals surface area contributed by atoms with Gasteiger partial charge in [0, 0.05) is 28.4 Å². The summed E-state index contributed by atoms with van der Waals surface area (Å²) in [6.45, 7) is 8.21. The Morgan fingerprint density at radius 1 is 0.973 bits per heavy atom. The van der Waals surface area contributed by atoms with Crippen LogP contribution in [-0.2, 0) is 21.5 Å². The second kappa shape index (κ2) is 9.94. The van der Waals surface area contributed by atoms with E-state index in [9.17, 15) is 13.2 Å². The zero-order valence-corrected chi connectivity index (χ0v) is 22.7. The second-order valence-electron chi connectivity index (χ2n) is 9.78. The van der Waals surface area contributed by atoms with Gasteiger partial charge in [0.05, 0.1) is 24.5 Å². The van der Waals surface area contributed by atoms with Crippen molar-refractivity contribution in [3.05, 3.63) is 82.9 Å². The molecule has 1 heterocycles. The summed E-state index contributed by atoms with van der Waals surface area (Å²) in [4.78, 5) is 12.9. The average Bonchev–Trinajstić information content (AvgIpc) is 2.81. The molecule has 0 fully saturated rings. The molecule has 0 bridgehead atoms. The highest BCUT2D eigenvalue weighted by atomic mass is 32.2. The Morgan fingerprint density at radius 3 is 2.30 bits per heavy atom. The molecule has 0 atom stereocenters. The number of aryl methyl sites for hydroxylation is 1. The molecule has 0 amide bonds. The maximum absolute atomic E-state index is 12.9. The third kappa shape index (κ3) is 5.97. The van der Waals surface area contributed by atoms with Gasteiger partial charge in [0.2, 0.25) is 0 Å². The molecular formula is C29H31NO6S. The van der Waals surface area contributed by atoms with Crippen molar-refractivity contribution in [3.63, 3.8) is 0 Å². The summed E-state index contributed by atoms with van der Waals surface area (Å²) in [7, 11) is -2.19.